The number of aromatic nitrogens is 1. The summed E-state index contributed by atoms with van der Waals surface area (Å²) < 4.78 is 10.5. The predicted molar refractivity (Wildman–Crippen MR) is 72.1 cm³/mol. The van der Waals surface area contributed by atoms with E-state index in [1.807, 2.05) is 0 Å². The Morgan fingerprint density at radius 1 is 1.21 bits per heavy atom. The van der Waals surface area contributed by atoms with Gasteiger partial charge in [0.25, 0.3) is 5.56 Å². The molecule has 0 fully saturated rings. The Hall–Kier alpha value is -2.30. The van der Waals surface area contributed by atoms with Gasteiger partial charge in [0, 0.05) is 17.4 Å². The van der Waals surface area contributed by atoms with E-state index < -0.39 is 0 Å². The van der Waals surface area contributed by atoms with Gasteiger partial charge in [0.05, 0.1) is 19.7 Å². The normalized spacial score (nSPS) is 10.5. The molecule has 19 heavy (non-hydrogen) atoms. The van der Waals surface area contributed by atoms with Crippen molar-refractivity contribution in [2.45, 2.75) is 13.3 Å². The van der Waals surface area contributed by atoms with Crippen LogP contribution in [0.4, 0.5) is 0 Å². The lowest BCUT2D eigenvalue weighted by molar-refractivity contribution is -0.116. The number of carbonyl (C=O) groups is 1. The lowest BCUT2D eigenvalue weighted by atomic mass is 10.1. The number of rotatable bonds is 4. The van der Waals surface area contributed by atoms with Gasteiger partial charge in [-0.05, 0) is 25.1 Å². The van der Waals surface area contributed by atoms with E-state index in [1.165, 1.54) is 14.0 Å². The first-order chi connectivity index (χ1) is 9.06. The van der Waals surface area contributed by atoms with Crippen LogP contribution in [0.5, 0.6) is 11.5 Å². The van der Waals surface area contributed by atoms with Crippen molar-refractivity contribution in [2.24, 2.45) is 0 Å². The molecule has 0 saturated carbocycles. The minimum absolute atomic E-state index is 0.0632. The number of aromatic amines is 1. The Balaban J connectivity index is 2.76. The maximum Gasteiger partial charge on any atom is 0.252 e. The molecule has 1 aromatic carbocycles. The van der Waals surface area contributed by atoms with Crippen LogP contribution in [-0.2, 0) is 11.2 Å². The van der Waals surface area contributed by atoms with Gasteiger partial charge in [0.15, 0.2) is 0 Å². The molecule has 2 aromatic rings. The molecule has 0 atom stereocenters. The van der Waals surface area contributed by atoms with Gasteiger partial charge in [-0.2, -0.15) is 0 Å². The second kappa shape index (κ2) is 5.14. The molecular weight excluding hydrogens is 246 g/mol. The van der Waals surface area contributed by atoms with Crippen LogP contribution in [0.2, 0.25) is 0 Å². The molecule has 2 rings (SSSR count). The van der Waals surface area contributed by atoms with Gasteiger partial charge in [0.1, 0.15) is 17.3 Å². The fraction of sp³-hybridized carbons (Fsp3) is 0.286. The first kappa shape index (κ1) is 13.1. The van der Waals surface area contributed by atoms with E-state index in [0.717, 1.165) is 5.39 Å². The summed E-state index contributed by atoms with van der Waals surface area (Å²) in [5.41, 5.74) is 0.708. The number of carbonyl (C=O) groups excluding carboxylic acids is 1. The van der Waals surface area contributed by atoms with Crippen molar-refractivity contribution in [1.82, 2.24) is 4.98 Å². The number of methoxy groups -OCH3 is 2. The summed E-state index contributed by atoms with van der Waals surface area (Å²) >= 11 is 0. The molecule has 0 aliphatic heterocycles. The smallest absolute Gasteiger partial charge is 0.252 e. The third-order valence-corrected chi connectivity index (χ3v) is 2.90. The van der Waals surface area contributed by atoms with E-state index in [4.69, 9.17) is 9.47 Å². The summed E-state index contributed by atoms with van der Waals surface area (Å²) in [5.74, 6) is 1.12. The zero-order valence-electron chi connectivity index (χ0n) is 11.1. The number of hydrogen-bond acceptors (Lipinski definition) is 4. The van der Waals surface area contributed by atoms with E-state index in [9.17, 15) is 9.59 Å². The molecule has 0 spiro atoms. The van der Waals surface area contributed by atoms with E-state index in [2.05, 4.69) is 4.98 Å². The van der Waals surface area contributed by atoms with Crippen LogP contribution < -0.4 is 15.0 Å². The summed E-state index contributed by atoms with van der Waals surface area (Å²) in [5, 5.41) is 0.720. The molecule has 100 valence electrons. The minimum Gasteiger partial charge on any atom is -0.496 e. The highest BCUT2D eigenvalue weighted by molar-refractivity contribution is 5.91. The number of fused-ring (bicyclic) bond motifs is 1. The second-order valence-corrected chi connectivity index (χ2v) is 4.26. The molecule has 0 bridgehead atoms. The van der Waals surface area contributed by atoms with Crippen molar-refractivity contribution < 1.29 is 14.3 Å². The predicted octanol–water partition coefficient (Wildman–Crippen LogP) is 1.68. The van der Waals surface area contributed by atoms with Gasteiger partial charge in [0.2, 0.25) is 0 Å². The average Bonchev–Trinajstić information content (AvgIpc) is 2.38. The van der Waals surface area contributed by atoms with Crippen molar-refractivity contribution in [1.29, 1.82) is 0 Å². The zero-order valence-corrected chi connectivity index (χ0v) is 11.1. The number of benzene rings is 1. The Morgan fingerprint density at radius 2 is 1.84 bits per heavy atom. The van der Waals surface area contributed by atoms with E-state index in [-0.39, 0.29) is 17.8 Å². The van der Waals surface area contributed by atoms with Crippen molar-refractivity contribution >= 4 is 16.7 Å². The van der Waals surface area contributed by atoms with E-state index >= 15 is 0 Å². The van der Waals surface area contributed by atoms with Gasteiger partial charge in [-0.3, -0.25) is 9.59 Å². The molecule has 5 nitrogen and oxygen atoms in total. The van der Waals surface area contributed by atoms with E-state index in [1.54, 1.807) is 25.3 Å². The van der Waals surface area contributed by atoms with Crippen molar-refractivity contribution in [3.05, 3.63) is 34.1 Å². The van der Waals surface area contributed by atoms with Crippen LogP contribution in [-0.4, -0.2) is 25.0 Å². The first-order valence-corrected chi connectivity index (χ1v) is 5.83. The second-order valence-electron chi connectivity index (χ2n) is 4.26. The van der Waals surface area contributed by atoms with Crippen molar-refractivity contribution in [2.75, 3.05) is 14.2 Å². The van der Waals surface area contributed by atoms with Crippen LogP contribution in [0, 0.1) is 0 Å². The summed E-state index contributed by atoms with van der Waals surface area (Å²) in [6.07, 6.45) is 0.103. The molecule has 1 aromatic heterocycles. The van der Waals surface area contributed by atoms with Crippen LogP contribution in [0.3, 0.4) is 0 Å². The van der Waals surface area contributed by atoms with Crippen LogP contribution >= 0.6 is 0 Å². The number of pyridine rings is 1. The Bertz CT molecular complexity index is 688. The van der Waals surface area contributed by atoms with Gasteiger partial charge in [-0.15, -0.1) is 0 Å². The molecule has 0 radical (unpaired) electrons. The standard InChI is InChI=1S/C14H15NO4/c1-8(16)6-9-7-10-11(18-2)4-5-12(19-3)13(10)15-14(9)17/h4-5,7H,6H2,1-3H3,(H,15,17). The van der Waals surface area contributed by atoms with Gasteiger partial charge in [-0.25, -0.2) is 0 Å². The highest BCUT2D eigenvalue weighted by Crippen LogP contribution is 2.31. The molecule has 0 aliphatic carbocycles. The lowest BCUT2D eigenvalue weighted by Gasteiger charge is -2.10. The zero-order chi connectivity index (χ0) is 14.0. The topological polar surface area (TPSA) is 68.4 Å². The molecule has 0 amide bonds. The number of nitrogens with one attached hydrogen (secondary N) is 1. The number of Topliss-reactive ketones (excluding diaryl/α,β-unsaturated/α-hetero) is 1. The monoisotopic (exact) mass is 261 g/mol. The highest BCUT2D eigenvalue weighted by Gasteiger charge is 2.12. The average molecular weight is 261 g/mol. The Labute approximate surface area is 110 Å². The number of ether oxygens (including phenoxy) is 2. The van der Waals surface area contributed by atoms with Gasteiger partial charge in [-0.1, -0.05) is 0 Å². The number of hydrogen-bond donors (Lipinski definition) is 1. The minimum atomic E-state index is -0.283. The van der Waals surface area contributed by atoms with Gasteiger partial charge < -0.3 is 14.5 Å². The van der Waals surface area contributed by atoms with Crippen LogP contribution in [0.1, 0.15) is 12.5 Å². The summed E-state index contributed by atoms with van der Waals surface area (Å²) in [6, 6.07) is 5.16. The lowest BCUT2D eigenvalue weighted by Crippen LogP contribution is -2.15. The number of H-pyrrole nitrogens is 1. The first-order valence-electron chi connectivity index (χ1n) is 5.83. The quantitative estimate of drug-likeness (QED) is 0.909. The summed E-state index contributed by atoms with van der Waals surface area (Å²) in [6.45, 7) is 1.45. The maximum absolute atomic E-state index is 11.9. The third kappa shape index (κ3) is 2.45. The Morgan fingerprint density at radius 3 is 2.42 bits per heavy atom. The Kier molecular flexibility index (Phi) is 3.55. The summed E-state index contributed by atoms with van der Waals surface area (Å²) in [7, 11) is 3.08. The highest BCUT2D eigenvalue weighted by atomic mass is 16.5. The largest absolute Gasteiger partial charge is 0.496 e. The number of ketones is 1. The molecular formula is C14H15NO4. The third-order valence-electron chi connectivity index (χ3n) is 2.90. The molecule has 5 heteroatoms. The van der Waals surface area contributed by atoms with Crippen LogP contribution in [0.25, 0.3) is 10.9 Å². The van der Waals surface area contributed by atoms with Crippen molar-refractivity contribution in [3.8, 4) is 11.5 Å². The molecule has 1 heterocycles. The molecule has 0 saturated heterocycles. The van der Waals surface area contributed by atoms with E-state index in [0.29, 0.717) is 22.6 Å². The fourth-order valence-corrected chi connectivity index (χ4v) is 2.03. The molecule has 0 aliphatic rings. The summed E-state index contributed by atoms with van der Waals surface area (Å²) in [4.78, 5) is 25.8. The molecule has 0 unspecified atom stereocenters. The maximum atomic E-state index is 11.9. The van der Waals surface area contributed by atoms with Gasteiger partial charge >= 0.3 is 0 Å². The fourth-order valence-electron chi connectivity index (χ4n) is 2.03. The van der Waals surface area contributed by atoms with Crippen molar-refractivity contribution in [3.63, 3.8) is 0 Å². The molecule has 1 N–H and O–H groups in total. The van der Waals surface area contributed by atoms with Crippen LogP contribution in [0.15, 0.2) is 23.0 Å². The SMILES string of the molecule is COc1ccc(OC)c2[nH]c(=O)c(CC(C)=O)cc12.